The Morgan fingerprint density at radius 3 is 2.61 bits per heavy atom. The zero-order chi connectivity index (χ0) is 22.2. The third kappa shape index (κ3) is 4.31. The number of amides is 1. The summed E-state index contributed by atoms with van der Waals surface area (Å²) in [4.78, 5) is 11.8. The summed E-state index contributed by atoms with van der Waals surface area (Å²) >= 11 is 0.896. The van der Waals surface area contributed by atoms with Gasteiger partial charge in [0.05, 0.1) is 6.04 Å². The van der Waals surface area contributed by atoms with Gasteiger partial charge < -0.3 is 5.32 Å². The SMILES string of the molecule is O=C(Nc1cccc(F)c1)c1nnc([C@@H]2CCCN2S(=O)(=O)c2ccc(F)cc2F)s1. The predicted molar refractivity (Wildman–Crippen MR) is 106 cm³/mol. The lowest BCUT2D eigenvalue weighted by molar-refractivity contribution is 0.102. The molecule has 3 aromatic rings. The van der Waals surface area contributed by atoms with Gasteiger partial charge >= 0.3 is 0 Å². The van der Waals surface area contributed by atoms with Crippen molar-refractivity contribution in [3.05, 3.63) is 69.9 Å². The second-order valence-electron chi connectivity index (χ2n) is 6.76. The van der Waals surface area contributed by atoms with Gasteiger partial charge in [-0.2, -0.15) is 4.31 Å². The van der Waals surface area contributed by atoms with E-state index < -0.39 is 44.3 Å². The van der Waals surface area contributed by atoms with Crippen LogP contribution < -0.4 is 5.32 Å². The van der Waals surface area contributed by atoms with Crippen LogP contribution in [0.3, 0.4) is 0 Å². The molecule has 1 aliphatic heterocycles. The fourth-order valence-corrected chi connectivity index (χ4v) is 5.96. The van der Waals surface area contributed by atoms with Gasteiger partial charge in [0, 0.05) is 18.3 Å². The Kier molecular flexibility index (Phi) is 5.77. The Morgan fingerprint density at radius 2 is 1.87 bits per heavy atom. The molecule has 0 aliphatic carbocycles. The lowest BCUT2D eigenvalue weighted by Crippen LogP contribution is -2.31. The zero-order valence-corrected chi connectivity index (χ0v) is 17.4. The van der Waals surface area contributed by atoms with E-state index in [1.54, 1.807) is 0 Å². The van der Waals surface area contributed by atoms with Gasteiger partial charge in [-0.15, -0.1) is 10.2 Å². The molecule has 162 valence electrons. The maximum Gasteiger partial charge on any atom is 0.286 e. The number of carbonyl (C=O) groups excluding carboxylic acids is 1. The fourth-order valence-electron chi connectivity index (χ4n) is 3.30. The molecule has 1 amide bonds. The Bertz CT molecular complexity index is 1250. The minimum atomic E-state index is -4.26. The molecule has 2 aromatic carbocycles. The van der Waals surface area contributed by atoms with Crippen LogP contribution in [0.2, 0.25) is 0 Å². The van der Waals surface area contributed by atoms with Crippen molar-refractivity contribution in [2.24, 2.45) is 0 Å². The van der Waals surface area contributed by atoms with Crippen molar-refractivity contribution in [1.29, 1.82) is 0 Å². The molecule has 7 nitrogen and oxygen atoms in total. The maximum atomic E-state index is 14.1. The van der Waals surface area contributed by atoms with Gasteiger partial charge in [0.15, 0.2) is 0 Å². The van der Waals surface area contributed by atoms with Crippen LogP contribution in [0, 0.1) is 17.5 Å². The van der Waals surface area contributed by atoms with E-state index in [-0.39, 0.29) is 22.2 Å². The van der Waals surface area contributed by atoms with Crippen LogP contribution >= 0.6 is 11.3 Å². The standard InChI is InChI=1S/C19H15F3N4O3S2/c20-11-3-1-4-13(9-11)23-17(27)19-25-24-18(30-19)15-5-2-8-26(15)31(28,29)16-7-6-12(21)10-14(16)22/h1,3-4,6-7,9-10,15H,2,5,8H2,(H,23,27)/t15-/m0/s1. The lowest BCUT2D eigenvalue weighted by atomic mass is 10.2. The second-order valence-corrected chi connectivity index (χ2v) is 9.63. The van der Waals surface area contributed by atoms with Gasteiger partial charge in [-0.05, 0) is 43.2 Å². The van der Waals surface area contributed by atoms with Crippen LogP contribution in [0.5, 0.6) is 0 Å². The van der Waals surface area contributed by atoms with E-state index in [2.05, 4.69) is 15.5 Å². The molecule has 4 rings (SSSR count). The minimum Gasteiger partial charge on any atom is -0.320 e. The van der Waals surface area contributed by atoms with Crippen LogP contribution in [0.4, 0.5) is 18.9 Å². The van der Waals surface area contributed by atoms with Crippen LogP contribution in [0.25, 0.3) is 0 Å². The van der Waals surface area contributed by atoms with Crippen molar-refractivity contribution in [2.45, 2.75) is 23.8 Å². The summed E-state index contributed by atoms with van der Waals surface area (Å²) < 4.78 is 67.6. The van der Waals surface area contributed by atoms with E-state index in [1.807, 2.05) is 0 Å². The van der Waals surface area contributed by atoms with Crippen LogP contribution in [-0.4, -0.2) is 35.4 Å². The van der Waals surface area contributed by atoms with Gasteiger partial charge in [-0.25, -0.2) is 21.6 Å². The summed E-state index contributed by atoms with van der Waals surface area (Å²) in [6, 6.07) is 6.85. The van der Waals surface area contributed by atoms with Crippen LogP contribution in [0.15, 0.2) is 47.4 Å². The molecule has 0 saturated carbocycles. The van der Waals surface area contributed by atoms with E-state index in [0.29, 0.717) is 18.9 Å². The van der Waals surface area contributed by atoms with Crippen molar-refractivity contribution in [2.75, 3.05) is 11.9 Å². The summed E-state index contributed by atoms with van der Waals surface area (Å²) in [5.41, 5.74) is 0.235. The lowest BCUT2D eigenvalue weighted by Gasteiger charge is -2.22. The van der Waals surface area contributed by atoms with E-state index in [4.69, 9.17) is 0 Å². The monoisotopic (exact) mass is 468 g/mol. The maximum absolute atomic E-state index is 14.1. The number of benzene rings is 2. The highest BCUT2D eigenvalue weighted by molar-refractivity contribution is 7.89. The number of nitrogens with zero attached hydrogens (tertiary/aromatic N) is 3. The van der Waals surface area contributed by atoms with E-state index in [9.17, 15) is 26.4 Å². The molecular weight excluding hydrogens is 453 g/mol. The molecule has 1 aliphatic rings. The highest BCUT2D eigenvalue weighted by Crippen LogP contribution is 2.38. The summed E-state index contributed by atoms with van der Waals surface area (Å²) in [6.07, 6.45) is 0.902. The van der Waals surface area contributed by atoms with Gasteiger partial charge in [-0.1, -0.05) is 17.4 Å². The second kappa shape index (κ2) is 8.36. The molecule has 1 saturated heterocycles. The normalized spacial score (nSPS) is 17.1. The Morgan fingerprint density at radius 1 is 1.10 bits per heavy atom. The number of hydrogen-bond acceptors (Lipinski definition) is 6. The summed E-state index contributed by atoms with van der Waals surface area (Å²) in [5.74, 6) is -3.20. The first-order chi connectivity index (χ1) is 14.8. The fraction of sp³-hybridized carbons (Fsp3) is 0.211. The largest absolute Gasteiger partial charge is 0.320 e. The molecule has 0 bridgehead atoms. The molecule has 0 spiro atoms. The third-order valence-corrected chi connectivity index (χ3v) is 7.65. The Balaban J connectivity index is 1.57. The van der Waals surface area contributed by atoms with Gasteiger partial charge in [0.25, 0.3) is 5.91 Å². The number of hydrogen-bond donors (Lipinski definition) is 1. The average molecular weight is 468 g/mol. The molecule has 12 heteroatoms. The smallest absolute Gasteiger partial charge is 0.286 e. The van der Waals surface area contributed by atoms with E-state index >= 15 is 0 Å². The van der Waals surface area contributed by atoms with E-state index in [1.165, 1.54) is 18.2 Å². The number of aromatic nitrogens is 2. The van der Waals surface area contributed by atoms with Gasteiger partial charge in [0.1, 0.15) is 27.4 Å². The van der Waals surface area contributed by atoms with Crippen molar-refractivity contribution in [3.8, 4) is 0 Å². The first-order valence-electron chi connectivity index (χ1n) is 9.13. The zero-order valence-electron chi connectivity index (χ0n) is 15.8. The number of carbonyl (C=O) groups is 1. The Hall–Kier alpha value is -2.83. The summed E-state index contributed by atoms with van der Waals surface area (Å²) in [6.45, 7) is 0.119. The molecule has 1 atom stereocenters. The summed E-state index contributed by atoms with van der Waals surface area (Å²) in [7, 11) is -4.26. The Labute approximate surface area is 179 Å². The highest BCUT2D eigenvalue weighted by Gasteiger charge is 2.39. The minimum absolute atomic E-state index is 0.0310. The summed E-state index contributed by atoms with van der Waals surface area (Å²) in [5, 5.41) is 10.5. The third-order valence-electron chi connectivity index (χ3n) is 4.69. The van der Waals surface area contributed by atoms with Crippen molar-refractivity contribution < 1.29 is 26.4 Å². The van der Waals surface area contributed by atoms with Crippen LogP contribution in [-0.2, 0) is 10.0 Å². The number of rotatable bonds is 5. The molecule has 1 N–H and O–H groups in total. The first-order valence-corrected chi connectivity index (χ1v) is 11.4. The van der Waals surface area contributed by atoms with Crippen LogP contribution in [0.1, 0.15) is 33.7 Å². The topological polar surface area (TPSA) is 92.3 Å². The number of halogens is 3. The molecule has 0 radical (unpaired) electrons. The highest BCUT2D eigenvalue weighted by atomic mass is 32.2. The number of sulfonamides is 1. The van der Waals surface area contributed by atoms with E-state index in [0.717, 1.165) is 33.8 Å². The van der Waals surface area contributed by atoms with Gasteiger partial charge in [0.2, 0.25) is 15.0 Å². The van der Waals surface area contributed by atoms with Crippen molar-refractivity contribution in [3.63, 3.8) is 0 Å². The molecule has 31 heavy (non-hydrogen) atoms. The molecule has 0 unspecified atom stereocenters. The average Bonchev–Trinajstić information content (AvgIpc) is 3.37. The van der Waals surface area contributed by atoms with Gasteiger partial charge in [-0.3, -0.25) is 4.79 Å². The van der Waals surface area contributed by atoms with Crippen molar-refractivity contribution in [1.82, 2.24) is 14.5 Å². The first kappa shape index (κ1) is 21.4. The molecular formula is C19H15F3N4O3S2. The quantitative estimate of drug-likeness (QED) is 0.616. The van der Waals surface area contributed by atoms with Crippen molar-refractivity contribution >= 4 is 33.0 Å². The molecule has 1 aromatic heterocycles. The number of anilines is 1. The number of nitrogens with one attached hydrogen (secondary N) is 1. The molecule has 1 fully saturated rings. The molecule has 2 heterocycles. The predicted octanol–water partition coefficient (Wildman–Crippen LogP) is 3.73.